The molecule has 0 bridgehead atoms. The molecule has 0 radical (unpaired) electrons. The maximum atomic E-state index is 12.7. The second-order valence-corrected chi connectivity index (χ2v) is 9.82. The first kappa shape index (κ1) is 23.9. The summed E-state index contributed by atoms with van der Waals surface area (Å²) in [6.07, 6.45) is 3.08. The molecule has 1 aromatic carbocycles. The van der Waals surface area contributed by atoms with Crippen LogP contribution in [0.5, 0.6) is 0 Å². The first-order valence-electron chi connectivity index (χ1n) is 10.7. The van der Waals surface area contributed by atoms with Gasteiger partial charge in [0.1, 0.15) is 6.54 Å². The molecule has 1 aromatic rings. The molecule has 3 rings (SSSR count). The predicted molar refractivity (Wildman–Crippen MR) is 114 cm³/mol. The maximum Gasteiger partial charge on any atom is 0.269 e. The van der Waals surface area contributed by atoms with Crippen molar-refractivity contribution < 1.29 is 27.6 Å². The van der Waals surface area contributed by atoms with Gasteiger partial charge in [0.15, 0.2) is 0 Å². The van der Waals surface area contributed by atoms with E-state index in [1.165, 1.54) is 28.6 Å². The lowest BCUT2D eigenvalue weighted by atomic mass is 9.81. The van der Waals surface area contributed by atoms with Crippen molar-refractivity contribution in [1.82, 2.24) is 20.1 Å². The Morgan fingerprint density at radius 2 is 1.62 bits per heavy atom. The van der Waals surface area contributed by atoms with Crippen LogP contribution in [-0.4, -0.2) is 60.9 Å². The van der Waals surface area contributed by atoms with Gasteiger partial charge in [0.05, 0.1) is 16.7 Å². The number of hydrazine groups is 1. The van der Waals surface area contributed by atoms with Crippen molar-refractivity contribution in [2.75, 3.05) is 19.6 Å². The average Bonchev–Trinajstić information content (AvgIpc) is 3.03. The average molecular weight is 465 g/mol. The quantitative estimate of drug-likeness (QED) is 0.450. The van der Waals surface area contributed by atoms with Crippen LogP contribution in [0.2, 0.25) is 0 Å². The van der Waals surface area contributed by atoms with Crippen LogP contribution in [0.1, 0.15) is 49.9 Å². The van der Waals surface area contributed by atoms with Crippen LogP contribution in [0.15, 0.2) is 29.2 Å². The molecule has 1 saturated heterocycles. The Kier molecular flexibility index (Phi) is 7.29. The van der Waals surface area contributed by atoms with Crippen molar-refractivity contribution in [3.05, 3.63) is 29.8 Å². The van der Waals surface area contributed by atoms with E-state index in [2.05, 4.69) is 10.9 Å². The minimum Gasteiger partial charge on any atom is -0.274 e. The maximum absolute atomic E-state index is 12.7. The lowest BCUT2D eigenvalue weighted by molar-refractivity contribution is -0.143. The predicted octanol–water partition coefficient (Wildman–Crippen LogP) is 0.653. The second-order valence-electron chi connectivity index (χ2n) is 7.88. The van der Waals surface area contributed by atoms with Crippen LogP contribution in [0.3, 0.4) is 0 Å². The SMILES string of the molecule is CCN(CC)S(=O)(=O)c1cccc(C(=O)NNC(=O)CN2C(=O)C3CCCCC3C2=O)c1. The summed E-state index contributed by atoms with van der Waals surface area (Å²) in [5.41, 5.74) is 4.43. The molecule has 2 aliphatic rings. The Bertz CT molecular complexity index is 997. The van der Waals surface area contributed by atoms with Gasteiger partial charge in [-0.1, -0.05) is 32.8 Å². The van der Waals surface area contributed by atoms with Crippen molar-refractivity contribution in [2.45, 2.75) is 44.4 Å². The smallest absolute Gasteiger partial charge is 0.269 e. The van der Waals surface area contributed by atoms with Gasteiger partial charge in [0, 0.05) is 18.7 Å². The van der Waals surface area contributed by atoms with E-state index in [4.69, 9.17) is 0 Å². The number of imide groups is 1. The summed E-state index contributed by atoms with van der Waals surface area (Å²) in [7, 11) is -3.74. The fourth-order valence-corrected chi connectivity index (χ4v) is 5.78. The van der Waals surface area contributed by atoms with Gasteiger partial charge < -0.3 is 0 Å². The summed E-state index contributed by atoms with van der Waals surface area (Å²) in [5, 5.41) is 0. The van der Waals surface area contributed by atoms with E-state index in [0.29, 0.717) is 25.9 Å². The number of carbonyl (C=O) groups excluding carboxylic acids is 4. The number of rotatable bonds is 7. The normalized spacial score (nSPS) is 20.9. The zero-order valence-corrected chi connectivity index (χ0v) is 19.0. The zero-order valence-electron chi connectivity index (χ0n) is 18.2. The molecule has 4 amide bonds. The fraction of sp³-hybridized carbons (Fsp3) is 0.524. The van der Waals surface area contributed by atoms with Gasteiger partial charge >= 0.3 is 0 Å². The Hall–Kier alpha value is -2.79. The first-order chi connectivity index (χ1) is 15.2. The molecule has 2 N–H and O–H groups in total. The Labute approximate surface area is 187 Å². The standard InChI is InChI=1S/C21H28N4O6S/c1-3-24(4-2)32(30,31)15-9-7-8-14(12-15)19(27)23-22-18(26)13-25-20(28)16-10-5-6-11-17(16)21(25)29/h7-9,12,16-17H,3-6,10-11,13H2,1-2H3,(H,22,26)(H,23,27). The lowest BCUT2D eigenvalue weighted by Gasteiger charge is -2.19. The molecule has 1 saturated carbocycles. The number of amides is 4. The molecule has 2 fully saturated rings. The molecule has 0 spiro atoms. The highest BCUT2D eigenvalue weighted by Gasteiger charge is 2.48. The third-order valence-electron chi connectivity index (χ3n) is 5.99. The van der Waals surface area contributed by atoms with Crippen molar-refractivity contribution in [2.24, 2.45) is 11.8 Å². The van der Waals surface area contributed by atoms with Crippen LogP contribution >= 0.6 is 0 Å². The van der Waals surface area contributed by atoms with Crippen LogP contribution in [0, 0.1) is 11.8 Å². The summed E-state index contributed by atoms with van der Waals surface area (Å²) in [6, 6.07) is 5.48. The molecule has 11 heteroatoms. The Morgan fingerprint density at radius 3 is 2.19 bits per heavy atom. The number of likely N-dealkylation sites (tertiary alicyclic amines) is 1. The summed E-state index contributed by atoms with van der Waals surface area (Å²) >= 11 is 0. The van der Waals surface area contributed by atoms with Gasteiger partial charge in [-0.05, 0) is 31.0 Å². The molecule has 0 aromatic heterocycles. The van der Waals surface area contributed by atoms with Crippen molar-refractivity contribution in [3.63, 3.8) is 0 Å². The van der Waals surface area contributed by atoms with Gasteiger partial charge in [-0.3, -0.25) is 34.9 Å². The highest BCUT2D eigenvalue weighted by Crippen LogP contribution is 2.37. The molecule has 1 heterocycles. The highest BCUT2D eigenvalue weighted by molar-refractivity contribution is 7.89. The molecular weight excluding hydrogens is 436 g/mol. The number of nitrogens with zero attached hydrogens (tertiary/aromatic N) is 2. The largest absolute Gasteiger partial charge is 0.274 e. The molecule has 2 atom stereocenters. The Balaban J connectivity index is 1.61. The van der Waals surface area contributed by atoms with Gasteiger partial charge in [0.25, 0.3) is 11.8 Å². The number of fused-ring (bicyclic) bond motifs is 1. The summed E-state index contributed by atoms with van der Waals surface area (Å²) in [5.74, 6) is -2.82. The van der Waals surface area contributed by atoms with Gasteiger partial charge in [0.2, 0.25) is 21.8 Å². The van der Waals surface area contributed by atoms with Crippen LogP contribution in [-0.2, 0) is 24.4 Å². The topological polar surface area (TPSA) is 133 Å². The van der Waals surface area contributed by atoms with Crippen LogP contribution in [0.25, 0.3) is 0 Å². The summed E-state index contributed by atoms with van der Waals surface area (Å²) in [4.78, 5) is 50.5. The summed E-state index contributed by atoms with van der Waals surface area (Å²) in [6.45, 7) is 3.55. The minimum atomic E-state index is -3.74. The Morgan fingerprint density at radius 1 is 1.03 bits per heavy atom. The molecule has 174 valence electrons. The monoisotopic (exact) mass is 464 g/mol. The third-order valence-corrected chi connectivity index (χ3v) is 8.03. The van der Waals surface area contributed by atoms with E-state index in [1.807, 2.05) is 0 Å². The zero-order chi connectivity index (χ0) is 23.5. The number of nitrogens with one attached hydrogen (secondary N) is 2. The fourth-order valence-electron chi connectivity index (χ4n) is 4.28. The first-order valence-corrected chi connectivity index (χ1v) is 12.2. The van der Waals surface area contributed by atoms with E-state index in [1.54, 1.807) is 13.8 Å². The van der Waals surface area contributed by atoms with Crippen molar-refractivity contribution in [3.8, 4) is 0 Å². The van der Waals surface area contributed by atoms with Crippen molar-refractivity contribution in [1.29, 1.82) is 0 Å². The number of hydrogen-bond donors (Lipinski definition) is 2. The van der Waals surface area contributed by atoms with Crippen LogP contribution in [0.4, 0.5) is 0 Å². The third kappa shape index (κ3) is 4.68. The number of sulfonamides is 1. The van der Waals surface area contributed by atoms with E-state index in [-0.39, 0.29) is 34.1 Å². The highest BCUT2D eigenvalue weighted by atomic mass is 32.2. The molecule has 2 unspecified atom stereocenters. The second kappa shape index (κ2) is 9.78. The van der Waals surface area contributed by atoms with E-state index in [0.717, 1.165) is 17.7 Å². The van der Waals surface area contributed by atoms with Gasteiger partial charge in [-0.15, -0.1) is 0 Å². The molecule has 32 heavy (non-hydrogen) atoms. The van der Waals surface area contributed by atoms with E-state index < -0.39 is 28.4 Å². The lowest BCUT2D eigenvalue weighted by Crippen LogP contribution is -2.48. The van der Waals surface area contributed by atoms with E-state index >= 15 is 0 Å². The van der Waals surface area contributed by atoms with E-state index in [9.17, 15) is 27.6 Å². The number of benzene rings is 1. The van der Waals surface area contributed by atoms with Crippen LogP contribution < -0.4 is 10.9 Å². The van der Waals surface area contributed by atoms with Gasteiger partial charge in [-0.25, -0.2) is 8.42 Å². The number of carbonyl (C=O) groups is 4. The minimum absolute atomic E-state index is 0.0314. The molecular formula is C21H28N4O6S. The molecule has 1 aliphatic heterocycles. The van der Waals surface area contributed by atoms with Crippen molar-refractivity contribution >= 4 is 33.7 Å². The molecule has 1 aliphatic carbocycles. The number of hydrogen-bond acceptors (Lipinski definition) is 6. The van der Waals surface area contributed by atoms with Gasteiger partial charge in [-0.2, -0.15) is 4.31 Å². The summed E-state index contributed by atoms with van der Waals surface area (Å²) < 4.78 is 26.6. The molecule has 10 nitrogen and oxygen atoms in total.